The number of aliphatic imine (C=N–C) groups is 1. The topological polar surface area (TPSA) is 115 Å². The van der Waals surface area contributed by atoms with Crippen LogP contribution in [0.25, 0.3) is 0 Å². The fraction of sp³-hybridized carbons (Fsp3) is 0.483. The SMILES string of the molecule is CC[C@]1(C)CC(=O)N([C@@H]2CCOc3ccc(C(=O)N[C@@H]4C[C@@H](COC(C)F)Oc5ccccc54)cc32)C(N)=N1. The second kappa shape index (κ2) is 10.8. The molecular formula is C29H35FN4O5. The van der Waals surface area contributed by atoms with Crippen molar-refractivity contribution in [1.82, 2.24) is 10.2 Å². The minimum Gasteiger partial charge on any atom is -0.493 e. The van der Waals surface area contributed by atoms with Gasteiger partial charge in [0.15, 0.2) is 12.3 Å². The van der Waals surface area contributed by atoms with Crippen LogP contribution in [0.4, 0.5) is 4.39 Å². The number of amides is 2. The van der Waals surface area contributed by atoms with E-state index in [1.54, 1.807) is 23.1 Å². The smallest absolute Gasteiger partial charge is 0.251 e. The minimum absolute atomic E-state index is 0.0696. The molecule has 2 amide bonds. The highest BCUT2D eigenvalue weighted by molar-refractivity contribution is 6.00. The van der Waals surface area contributed by atoms with Gasteiger partial charge in [-0.05, 0) is 44.5 Å². The third-order valence-corrected chi connectivity index (χ3v) is 7.69. The Morgan fingerprint density at radius 3 is 2.82 bits per heavy atom. The van der Waals surface area contributed by atoms with E-state index in [4.69, 9.17) is 19.9 Å². The van der Waals surface area contributed by atoms with Crippen molar-refractivity contribution >= 4 is 17.8 Å². The van der Waals surface area contributed by atoms with Crippen LogP contribution in [0.3, 0.4) is 0 Å². The van der Waals surface area contributed by atoms with E-state index in [-0.39, 0.29) is 42.9 Å². The number of hydrogen-bond acceptors (Lipinski definition) is 7. The Balaban J connectivity index is 1.39. The van der Waals surface area contributed by atoms with Crippen LogP contribution in [0.5, 0.6) is 11.5 Å². The largest absolute Gasteiger partial charge is 0.493 e. The number of carbonyl (C=O) groups excluding carboxylic acids is 2. The summed E-state index contributed by atoms with van der Waals surface area (Å²) in [6.45, 7) is 5.73. The van der Waals surface area contributed by atoms with Crippen LogP contribution in [0.1, 0.15) is 80.0 Å². The fourth-order valence-corrected chi connectivity index (χ4v) is 5.45. The molecule has 1 unspecified atom stereocenters. The number of nitrogens with one attached hydrogen (secondary N) is 1. The molecule has 9 nitrogen and oxygen atoms in total. The van der Waals surface area contributed by atoms with Crippen LogP contribution in [0.15, 0.2) is 47.5 Å². The molecule has 2 aromatic carbocycles. The molecular weight excluding hydrogens is 503 g/mol. The lowest BCUT2D eigenvalue weighted by Gasteiger charge is -2.40. The lowest BCUT2D eigenvalue weighted by Crippen LogP contribution is -2.52. The first-order valence-corrected chi connectivity index (χ1v) is 13.4. The standard InChI is InChI=1S/C29H35FN4O5/c1-4-29(3)15-26(35)34(28(31)33-29)23-11-12-37-24-10-9-18(13-21(23)24)27(36)32-22-14-19(16-38-17(2)30)39-25-8-6-5-7-20(22)25/h5-10,13,17,19,22-23H,4,11-12,14-16H2,1-3H3,(H2,31,33)(H,32,36)/t17?,19-,22+,23+,29+/m0/s1. The van der Waals surface area contributed by atoms with Crippen LogP contribution in [-0.2, 0) is 9.53 Å². The second-order valence-electron chi connectivity index (χ2n) is 10.6. The van der Waals surface area contributed by atoms with Gasteiger partial charge in [-0.1, -0.05) is 25.1 Å². The molecule has 5 rings (SSSR count). The maximum absolute atomic E-state index is 13.5. The molecule has 0 radical (unpaired) electrons. The number of benzene rings is 2. The first-order valence-electron chi connectivity index (χ1n) is 13.4. The average molecular weight is 539 g/mol. The zero-order valence-electron chi connectivity index (χ0n) is 22.5. The van der Waals surface area contributed by atoms with Gasteiger partial charge in [-0.2, -0.15) is 0 Å². The summed E-state index contributed by atoms with van der Waals surface area (Å²) in [4.78, 5) is 32.9. The van der Waals surface area contributed by atoms with Gasteiger partial charge in [0.1, 0.15) is 17.6 Å². The van der Waals surface area contributed by atoms with E-state index in [0.29, 0.717) is 42.9 Å². The number of hydrogen-bond donors (Lipinski definition) is 2. The Bertz CT molecular complexity index is 1280. The molecule has 0 spiro atoms. The molecule has 3 N–H and O–H groups in total. The van der Waals surface area contributed by atoms with Crippen molar-refractivity contribution in [3.63, 3.8) is 0 Å². The molecule has 2 aromatic rings. The summed E-state index contributed by atoms with van der Waals surface area (Å²) in [5, 5.41) is 3.11. The van der Waals surface area contributed by atoms with E-state index in [9.17, 15) is 14.0 Å². The molecule has 0 saturated carbocycles. The van der Waals surface area contributed by atoms with Crippen LogP contribution < -0.4 is 20.5 Å². The van der Waals surface area contributed by atoms with Crippen LogP contribution in [0.2, 0.25) is 0 Å². The Morgan fingerprint density at radius 1 is 1.28 bits per heavy atom. The number of para-hydroxylation sites is 1. The van der Waals surface area contributed by atoms with E-state index >= 15 is 0 Å². The lowest BCUT2D eigenvalue weighted by atomic mass is 9.90. The Kier molecular flexibility index (Phi) is 7.48. The highest BCUT2D eigenvalue weighted by Gasteiger charge is 2.40. The van der Waals surface area contributed by atoms with Gasteiger partial charge < -0.3 is 25.3 Å². The lowest BCUT2D eigenvalue weighted by molar-refractivity contribution is -0.131. The predicted molar refractivity (Wildman–Crippen MR) is 143 cm³/mol. The second-order valence-corrected chi connectivity index (χ2v) is 10.6. The number of ether oxygens (including phenoxy) is 3. The number of alkyl halides is 1. The van der Waals surface area contributed by atoms with E-state index in [2.05, 4.69) is 10.3 Å². The quantitative estimate of drug-likeness (QED) is 0.547. The van der Waals surface area contributed by atoms with Gasteiger partial charge >= 0.3 is 0 Å². The molecule has 0 aliphatic carbocycles. The number of guanidine groups is 1. The first-order chi connectivity index (χ1) is 18.7. The Labute approximate surface area is 227 Å². The molecule has 208 valence electrons. The van der Waals surface area contributed by atoms with Crippen molar-refractivity contribution in [2.75, 3.05) is 13.2 Å². The first kappa shape index (κ1) is 26.9. The molecule has 39 heavy (non-hydrogen) atoms. The number of rotatable bonds is 7. The Hall–Kier alpha value is -3.66. The highest BCUT2D eigenvalue weighted by Crippen LogP contribution is 2.40. The summed E-state index contributed by atoms with van der Waals surface area (Å²) < 4.78 is 30.3. The highest BCUT2D eigenvalue weighted by atomic mass is 19.1. The summed E-state index contributed by atoms with van der Waals surface area (Å²) in [6.07, 6.45) is 0.114. The van der Waals surface area contributed by atoms with Crippen molar-refractivity contribution in [3.8, 4) is 11.5 Å². The third-order valence-electron chi connectivity index (χ3n) is 7.69. The number of carbonyl (C=O) groups is 2. The molecule has 0 saturated heterocycles. The van der Waals surface area contributed by atoms with Crippen molar-refractivity contribution in [3.05, 3.63) is 59.2 Å². The summed E-state index contributed by atoms with van der Waals surface area (Å²) in [5.41, 5.74) is 7.80. The van der Waals surface area contributed by atoms with E-state index in [1.807, 2.05) is 38.1 Å². The number of halogens is 1. The molecule has 0 bridgehead atoms. The molecule has 3 heterocycles. The van der Waals surface area contributed by atoms with Gasteiger partial charge in [-0.3, -0.25) is 14.5 Å². The summed E-state index contributed by atoms with van der Waals surface area (Å²) in [5.74, 6) is 1.06. The van der Waals surface area contributed by atoms with Gasteiger partial charge in [0.05, 0.1) is 37.3 Å². The third kappa shape index (κ3) is 5.56. The maximum Gasteiger partial charge on any atom is 0.251 e. The molecule has 10 heteroatoms. The van der Waals surface area contributed by atoms with Gasteiger partial charge in [0, 0.05) is 29.5 Å². The molecule has 0 fully saturated rings. The summed E-state index contributed by atoms with van der Waals surface area (Å²) in [7, 11) is 0. The normalized spacial score (nSPS) is 26.9. The van der Waals surface area contributed by atoms with Gasteiger partial charge in [-0.15, -0.1) is 0 Å². The van der Waals surface area contributed by atoms with Crippen LogP contribution in [-0.4, -0.2) is 53.9 Å². The fourth-order valence-electron chi connectivity index (χ4n) is 5.45. The average Bonchev–Trinajstić information content (AvgIpc) is 2.91. The zero-order chi connectivity index (χ0) is 27.7. The van der Waals surface area contributed by atoms with Crippen molar-refractivity contribution in [2.24, 2.45) is 10.7 Å². The van der Waals surface area contributed by atoms with Crippen molar-refractivity contribution < 1.29 is 28.2 Å². The predicted octanol–water partition coefficient (Wildman–Crippen LogP) is 4.18. The summed E-state index contributed by atoms with van der Waals surface area (Å²) >= 11 is 0. The zero-order valence-corrected chi connectivity index (χ0v) is 22.5. The van der Waals surface area contributed by atoms with Gasteiger partial charge in [-0.25, -0.2) is 9.38 Å². The van der Waals surface area contributed by atoms with E-state index < -0.39 is 18.0 Å². The number of fused-ring (bicyclic) bond motifs is 2. The van der Waals surface area contributed by atoms with Crippen molar-refractivity contribution in [2.45, 2.75) is 76.5 Å². The Morgan fingerprint density at radius 2 is 2.08 bits per heavy atom. The van der Waals surface area contributed by atoms with E-state index in [0.717, 1.165) is 11.1 Å². The molecule has 3 aliphatic heterocycles. The number of nitrogens with zero attached hydrogens (tertiary/aromatic N) is 2. The van der Waals surface area contributed by atoms with Gasteiger partial charge in [0.2, 0.25) is 5.91 Å². The minimum atomic E-state index is -1.41. The number of nitrogens with two attached hydrogens (primary N) is 1. The van der Waals surface area contributed by atoms with Crippen LogP contribution in [0, 0.1) is 0 Å². The monoisotopic (exact) mass is 538 g/mol. The van der Waals surface area contributed by atoms with Crippen molar-refractivity contribution in [1.29, 1.82) is 0 Å². The maximum atomic E-state index is 13.5. The molecule has 0 aromatic heterocycles. The van der Waals surface area contributed by atoms with E-state index in [1.165, 1.54) is 6.92 Å². The molecule has 5 atom stereocenters. The van der Waals surface area contributed by atoms with Gasteiger partial charge in [0.25, 0.3) is 5.91 Å². The van der Waals surface area contributed by atoms with Crippen LogP contribution >= 0.6 is 0 Å². The molecule has 3 aliphatic rings. The summed E-state index contributed by atoms with van der Waals surface area (Å²) in [6, 6.07) is 11.9.